The Morgan fingerprint density at radius 1 is 1.61 bits per heavy atom. The predicted molar refractivity (Wildman–Crippen MR) is 66.3 cm³/mol. The molecule has 2 aliphatic rings. The molecule has 1 aliphatic heterocycles. The van der Waals surface area contributed by atoms with Crippen LogP contribution in [0.5, 0.6) is 0 Å². The Hall–Kier alpha value is -1.30. The number of carbonyl (C=O) groups is 1. The van der Waals surface area contributed by atoms with E-state index in [1.807, 2.05) is 4.90 Å². The monoisotopic (exact) mass is 255 g/mol. The molecule has 1 unspecified atom stereocenters. The molecule has 18 heavy (non-hydrogen) atoms. The maximum atomic E-state index is 12.5. The van der Waals surface area contributed by atoms with Gasteiger partial charge in [-0.1, -0.05) is 12.1 Å². The SMILES string of the molecule is CCC1CN(C(=O)C2(C(N)=NO)CC2)CCCO1. The van der Waals surface area contributed by atoms with Gasteiger partial charge in [-0.25, -0.2) is 0 Å². The minimum atomic E-state index is -0.739. The zero-order valence-corrected chi connectivity index (χ0v) is 10.8. The third kappa shape index (κ3) is 2.29. The second-order valence-corrected chi connectivity index (χ2v) is 5.07. The molecule has 3 N–H and O–H groups in total. The molecule has 6 heteroatoms. The van der Waals surface area contributed by atoms with E-state index in [2.05, 4.69) is 12.1 Å². The van der Waals surface area contributed by atoms with Gasteiger partial charge in [-0.05, 0) is 25.7 Å². The summed E-state index contributed by atoms with van der Waals surface area (Å²) >= 11 is 0. The van der Waals surface area contributed by atoms with Crippen LogP contribution in [0, 0.1) is 5.41 Å². The van der Waals surface area contributed by atoms with Gasteiger partial charge in [0.15, 0.2) is 5.84 Å². The van der Waals surface area contributed by atoms with Gasteiger partial charge in [0.05, 0.1) is 6.10 Å². The highest BCUT2D eigenvalue weighted by Gasteiger charge is 2.56. The van der Waals surface area contributed by atoms with Crippen molar-refractivity contribution in [2.45, 2.75) is 38.7 Å². The van der Waals surface area contributed by atoms with Crippen LogP contribution in [0.1, 0.15) is 32.6 Å². The van der Waals surface area contributed by atoms with E-state index in [1.54, 1.807) is 0 Å². The lowest BCUT2D eigenvalue weighted by Gasteiger charge is -2.27. The third-order valence-electron chi connectivity index (χ3n) is 3.85. The quantitative estimate of drug-likeness (QED) is 0.333. The molecule has 2 rings (SSSR count). The van der Waals surface area contributed by atoms with Crippen molar-refractivity contribution in [2.75, 3.05) is 19.7 Å². The van der Waals surface area contributed by atoms with Gasteiger partial charge >= 0.3 is 0 Å². The molecule has 0 aromatic rings. The maximum absolute atomic E-state index is 12.5. The number of hydrogen-bond donors (Lipinski definition) is 2. The van der Waals surface area contributed by atoms with Crippen molar-refractivity contribution in [1.29, 1.82) is 0 Å². The first-order chi connectivity index (χ1) is 8.64. The molecular weight excluding hydrogens is 234 g/mol. The van der Waals surface area contributed by atoms with Crippen molar-refractivity contribution in [2.24, 2.45) is 16.3 Å². The van der Waals surface area contributed by atoms with E-state index in [9.17, 15) is 4.79 Å². The average molecular weight is 255 g/mol. The topological polar surface area (TPSA) is 88.2 Å². The number of ether oxygens (including phenoxy) is 1. The Kier molecular flexibility index (Phi) is 3.75. The van der Waals surface area contributed by atoms with Crippen LogP contribution in [0.4, 0.5) is 0 Å². The normalized spacial score (nSPS) is 27.7. The maximum Gasteiger partial charge on any atom is 0.236 e. The highest BCUT2D eigenvalue weighted by molar-refractivity contribution is 6.09. The third-order valence-corrected chi connectivity index (χ3v) is 3.85. The fourth-order valence-corrected chi connectivity index (χ4v) is 2.43. The van der Waals surface area contributed by atoms with Crippen molar-refractivity contribution >= 4 is 11.7 Å². The van der Waals surface area contributed by atoms with Gasteiger partial charge in [0, 0.05) is 19.7 Å². The standard InChI is InChI=1S/C12H21N3O3/c1-2-9-8-15(6-3-7-18-9)11(16)12(4-5-12)10(13)14-17/h9,17H,2-8H2,1H3,(H2,13,14). The van der Waals surface area contributed by atoms with Crippen molar-refractivity contribution in [3.8, 4) is 0 Å². The van der Waals surface area contributed by atoms with Gasteiger partial charge in [-0.15, -0.1) is 0 Å². The average Bonchev–Trinajstić information content (AvgIpc) is 3.21. The number of nitrogens with zero attached hydrogens (tertiary/aromatic N) is 2. The number of carbonyl (C=O) groups excluding carboxylic acids is 1. The van der Waals surface area contributed by atoms with Crippen molar-refractivity contribution < 1.29 is 14.7 Å². The van der Waals surface area contributed by atoms with Crippen LogP contribution >= 0.6 is 0 Å². The minimum Gasteiger partial charge on any atom is -0.409 e. The molecule has 1 atom stereocenters. The number of oxime groups is 1. The van der Waals surface area contributed by atoms with E-state index in [-0.39, 0.29) is 17.8 Å². The molecule has 1 saturated carbocycles. The Bertz CT molecular complexity index is 352. The molecule has 6 nitrogen and oxygen atoms in total. The number of hydrogen-bond acceptors (Lipinski definition) is 4. The van der Waals surface area contributed by atoms with Crippen LogP contribution in [0.2, 0.25) is 0 Å². The van der Waals surface area contributed by atoms with Gasteiger partial charge in [-0.2, -0.15) is 0 Å². The molecule has 0 radical (unpaired) electrons. The van der Waals surface area contributed by atoms with Gasteiger partial charge in [0.1, 0.15) is 5.41 Å². The van der Waals surface area contributed by atoms with Crippen LogP contribution < -0.4 is 5.73 Å². The second kappa shape index (κ2) is 5.14. The van der Waals surface area contributed by atoms with Crippen LogP contribution in [0.25, 0.3) is 0 Å². The van der Waals surface area contributed by atoms with Crippen molar-refractivity contribution in [3.05, 3.63) is 0 Å². The molecule has 0 aromatic carbocycles. The van der Waals surface area contributed by atoms with Gasteiger partial charge in [0.25, 0.3) is 0 Å². The van der Waals surface area contributed by atoms with Crippen LogP contribution in [-0.4, -0.2) is 47.7 Å². The Morgan fingerprint density at radius 3 is 2.89 bits per heavy atom. The summed E-state index contributed by atoms with van der Waals surface area (Å²) in [5.74, 6) is 0.0347. The van der Waals surface area contributed by atoms with E-state index >= 15 is 0 Å². The Labute approximate surface area is 107 Å². The summed E-state index contributed by atoms with van der Waals surface area (Å²) in [6.07, 6.45) is 3.18. The minimum absolute atomic E-state index is 0.0123. The summed E-state index contributed by atoms with van der Waals surface area (Å²) in [5, 5.41) is 11.8. The van der Waals surface area contributed by atoms with E-state index in [0.29, 0.717) is 32.5 Å². The van der Waals surface area contributed by atoms with Gasteiger partial charge in [-0.3, -0.25) is 4.79 Å². The lowest BCUT2D eigenvalue weighted by atomic mass is 10.0. The predicted octanol–water partition coefficient (Wildman–Crippen LogP) is 0.540. The second-order valence-electron chi connectivity index (χ2n) is 5.07. The highest BCUT2D eigenvalue weighted by atomic mass is 16.5. The lowest BCUT2D eigenvalue weighted by Crippen LogP contribution is -2.46. The van der Waals surface area contributed by atoms with E-state index in [4.69, 9.17) is 15.7 Å². The fraction of sp³-hybridized carbons (Fsp3) is 0.833. The van der Waals surface area contributed by atoms with Crippen LogP contribution in [-0.2, 0) is 9.53 Å². The van der Waals surface area contributed by atoms with Gasteiger partial charge < -0.3 is 20.6 Å². The molecule has 1 amide bonds. The molecule has 1 aliphatic carbocycles. The molecule has 0 bridgehead atoms. The smallest absolute Gasteiger partial charge is 0.236 e. The van der Waals surface area contributed by atoms with Crippen molar-refractivity contribution in [1.82, 2.24) is 4.90 Å². The van der Waals surface area contributed by atoms with E-state index in [1.165, 1.54) is 0 Å². The summed E-state index contributed by atoms with van der Waals surface area (Å²) in [6, 6.07) is 0. The van der Waals surface area contributed by atoms with Crippen LogP contribution in [0.3, 0.4) is 0 Å². The van der Waals surface area contributed by atoms with E-state index < -0.39 is 5.41 Å². The largest absolute Gasteiger partial charge is 0.409 e. The Balaban J connectivity index is 2.08. The molecule has 1 saturated heterocycles. The Morgan fingerprint density at radius 2 is 2.33 bits per heavy atom. The zero-order valence-electron chi connectivity index (χ0n) is 10.8. The molecule has 0 aromatic heterocycles. The number of rotatable bonds is 3. The fourth-order valence-electron chi connectivity index (χ4n) is 2.43. The molecule has 0 spiro atoms. The number of amides is 1. The molecular formula is C12H21N3O3. The molecule has 102 valence electrons. The van der Waals surface area contributed by atoms with Gasteiger partial charge in [0.2, 0.25) is 5.91 Å². The highest BCUT2D eigenvalue weighted by Crippen LogP contribution is 2.47. The molecule has 2 fully saturated rings. The van der Waals surface area contributed by atoms with E-state index in [0.717, 1.165) is 12.8 Å². The summed E-state index contributed by atoms with van der Waals surface area (Å²) in [4.78, 5) is 14.3. The first-order valence-corrected chi connectivity index (χ1v) is 6.53. The molecule has 1 heterocycles. The number of amidine groups is 1. The zero-order chi connectivity index (χ0) is 13.2. The summed E-state index contributed by atoms with van der Waals surface area (Å²) in [6.45, 7) is 4.04. The first kappa shape index (κ1) is 13.1. The summed E-state index contributed by atoms with van der Waals surface area (Å²) in [7, 11) is 0. The van der Waals surface area contributed by atoms with Crippen LogP contribution in [0.15, 0.2) is 5.16 Å². The first-order valence-electron chi connectivity index (χ1n) is 6.53. The summed E-state index contributed by atoms with van der Waals surface area (Å²) < 4.78 is 5.65. The number of nitrogens with two attached hydrogens (primary N) is 1. The van der Waals surface area contributed by atoms with Crippen molar-refractivity contribution in [3.63, 3.8) is 0 Å². The lowest BCUT2D eigenvalue weighted by molar-refractivity contribution is -0.135. The summed E-state index contributed by atoms with van der Waals surface area (Å²) in [5.41, 5.74) is 4.91.